The van der Waals surface area contributed by atoms with E-state index in [1.54, 1.807) is 0 Å². The van der Waals surface area contributed by atoms with Gasteiger partial charge in [-0.1, -0.05) is 18.2 Å². The van der Waals surface area contributed by atoms with Crippen molar-refractivity contribution in [3.8, 4) is 0 Å². The first-order valence-corrected chi connectivity index (χ1v) is 8.28. The van der Waals surface area contributed by atoms with Gasteiger partial charge < -0.3 is 14.2 Å². The molecule has 0 amide bonds. The van der Waals surface area contributed by atoms with Gasteiger partial charge >= 0.3 is 0 Å². The smallest absolute Gasteiger partial charge is 0.0701 e. The molecule has 23 heavy (non-hydrogen) atoms. The summed E-state index contributed by atoms with van der Waals surface area (Å²) < 4.78 is 16.4. The second-order valence-electron chi connectivity index (χ2n) is 5.28. The molecule has 1 aliphatic heterocycles. The third-order valence-electron chi connectivity index (χ3n) is 3.29. The lowest BCUT2D eigenvalue weighted by Gasteiger charge is -2.06. The Bertz CT molecular complexity index is 450. The Morgan fingerprint density at radius 3 is 1.65 bits per heavy atom. The Morgan fingerprint density at radius 2 is 1.13 bits per heavy atom. The van der Waals surface area contributed by atoms with E-state index in [-0.39, 0.29) is 0 Å². The van der Waals surface area contributed by atoms with Gasteiger partial charge in [0.15, 0.2) is 0 Å². The van der Waals surface area contributed by atoms with Crippen molar-refractivity contribution < 1.29 is 14.2 Å². The number of hydrogen-bond donors (Lipinski definition) is 0. The van der Waals surface area contributed by atoms with E-state index in [9.17, 15) is 0 Å². The maximum Gasteiger partial charge on any atom is 0.0701 e. The monoisotopic (exact) mass is 318 g/mol. The molecule has 0 fully saturated rings. The van der Waals surface area contributed by atoms with Crippen molar-refractivity contribution in [3.05, 3.63) is 35.4 Å². The maximum atomic E-state index is 5.50. The van der Waals surface area contributed by atoms with Gasteiger partial charge in [-0.3, -0.25) is 9.98 Å². The van der Waals surface area contributed by atoms with Crippen LogP contribution in [0, 0.1) is 0 Å². The van der Waals surface area contributed by atoms with Crippen LogP contribution in [0.3, 0.4) is 0 Å². The fraction of sp³-hybridized carbons (Fsp3) is 0.556. The molecule has 1 aliphatic rings. The minimum Gasteiger partial charge on any atom is -0.379 e. The molecule has 0 aliphatic carbocycles. The fourth-order valence-corrected chi connectivity index (χ4v) is 2.12. The lowest BCUT2D eigenvalue weighted by Crippen LogP contribution is -2.10. The molecule has 0 aromatic heterocycles. The first-order valence-electron chi connectivity index (χ1n) is 8.28. The predicted molar refractivity (Wildman–Crippen MR) is 93.1 cm³/mol. The highest BCUT2D eigenvalue weighted by Crippen LogP contribution is 2.01. The van der Waals surface area contributed by atoms with Gasteiger partial charge in [0.1, 0.15) is 0 Å². The second kappa shape index (κ2) is 11.9. The SMILES string of the molecule is C1=NCCCOCCOCCOCCCN=Cc2cccc1c2. The van der Waals surface area contributed by atoms with Gasteiger partial charge in [0.2, 0.25) is 0 Å². The Morgan fingerprint density at radius 1 is 0.652 bits per heavy atom. The minimum atomic E-state index is 0.615. The van der Waals surface area contributed by atoms with E-state index in [1.807, 2.05) is 18.5 Å². The summed E-state index contributed by atoms with van der Waals surface area (Å²) in [6.45, 7) is 5.45. The molecule has 0 saturated carbocycles. The second-order valence-corrected chi connectivity index (χ2v) is 5.28. The third-order valence-corrected chi connectivity index (χ3v) is 3.29. The number of aliphatic imine (C=N–C) groups is 2. The lowest BCUT2D eigenvalue weighted by molar-refractivity contribution is 0.0143. The van der Waals surface area contributed by atoms with Gasteiger partial charge in [-0.15, -0.1) is 0 Å². The van der Waals surface area contributed by atoms with E-state index < -0.39 is 0 Å². The normalized spacial score (nSPS) is 19.3. The van der Waals surface area contributed by atoms with Crippen LogP contribution in [0.2, 0.25) is 0 Å². The summed E-state index contributed by atoms with van der Waals surface area (Å²) in [6.07, 6.45) is 5.65. The number of nitrogens with zero attached hydrogens (tertiary/aromatic N) is 2. The van der Waals surface area contributed by atoms with Crippen molar-refractivity contribution in [2.45, 2.75) is 12.8 Å². The summed E-state index contributed by atoms with van der Waals surface area (Å²) in [5, 5.41) is 0. The Hall–Kier alpha value is -1.56. The van der Waals surface area contributed by atoms with Crippen LogP contribution in [-0.4, -0.2) is 65.2 Å². The molecule has 0 spiro atoms. The van der Waals surface area contributed by atoms with Gasteiger partial charge in [0.25, 0.3) is 0 Å². The summed E-state index contributed by atoms with van der Waals surface area (Å²) in [5.41, 5.74) is 2.20. The number of ether oxygens (including phenoxy) is 3. The Balaban J connectivity index is 1.85. The summed E-state index contributed by atoms with van der Waals surface area (Å²) in [5.74, 6) is 0. The van der Waals surface area contributed by atoms with Crippen LogP contribution in [-0.2, 0) is 14.2 Å². The number of benzene rings is 1. The zero-order valence-corrected chi connectivity index (χ0v) is 13.7. The fourth-order valence-electron chi connectivity index (χ4n) is 2.12. The number of fused-ring (bicyclic) bond motifs is 2. The van der Waals surface area contributed by atoms with Gasteiger partial charge in [0.05, 0.1) is 26.4 Å². The van der Waals surface area contributed by atoms with Crippen molar-refractivity contribution in [1.29, 1.82) is 0 Å². The molecule has 0 saturated heterocycles. The molecule has 1 heterocycles. The largest absolute Gasteiger partial charge is 0.379 e. The topological polar surface area (TPSA) is 52.4 Å². The molecule has 2 bridgehead atoms. The van der Waals surface area contributed by atoms with E-state index >= 15 is 0 Å². The van der Waals surface area contributed by atoms with Crippen LogP contribution in [0.5, 0.6) is 0 Å². The summed E-state index contributed by atoms with van der Waals surface area (Å²) in [6, 6.07) is 8.22. The van der Waals surface area contributed by atoms with Crippen LogP contribution < -0.4 is 0 Å². The molecule has 0 N–H and O–H groups in total. The lowest BCUT2D eigenvalue weighted by atomic mass is 10.1. The van der Waals surface area contributed by atoms with Gasteiger partial charge in [0, 0.05) is 38.7 Å². The molecule has 0 radical (unpaired) electrons. The summed E-state index contributed by atoms with van der Waals surface area (Å²) in [4.78, 5) is 8.88. The first kappa shape index (κ1) is 17.8. The van der Waals surface area contributed by atoms with Gasteiger partial charge in [-0.2, -0.15) is 0 Å². The van der Waals surface area contributed by atoms with Crippen LogP contribution in [0.1, 0.15) is 24.0 Å². The van der Waals surface area contributed by atoms with Crippen LogP contribution in [0.4, 0.5) is 0 Å². The Kier molecular flexibility index (Phi) is 9.23. The van der Waals surface area contributed by atoms with Crippen LogP contribution in [0.15, 0.2) is 34.3 Å². The van der Waals surface area contributed by atoms with Crippen molar-refractivity contribution >= 4 is 12.4 Å². The van der Waals surface area contributed by atoms with E-state index in [2.05, 4.69) is 28.2 Å². The number of hydrogen-bond acceptors (Lipinski definition) is 5. The molecule has 1 aromatic carbocycles. The summed E-state index contributed by atoms with van der Waals surface area (Å²) >= 11 is 0. The van der Waals surface area contributed by atoms with Crippen LogP contribution >= 0.6 is 0 Å². The standard InChI is InChI=1S/C18H26N2O3/c1-4-17-14-18(5-1)16-20-7-3-9-22-11-13-23-12-10-21-8-2-6-19-15-17/h1,4-5,14-16H,2-3,6-13H2. The molecule has 0 unspecified atom stereocenters. The van der Waals surface area contributed by atoms with Crippen LogP contribution in [0.25, 0.3) is 0 Å². The molecule has 0 atom stereocenters. The summed E-state index contributed by atoms with van der Waals surface area (Å²) in [7, 11) is 0. The third kappa shape index (κ3) is 8.59. The van der Waals surface area contributed by atoms with Crippen molar-refractivity contribution in [2.75, 3.05) is 52.7 Å². The van der Waals surface area contributed by atoms with E-state index in [1.165, 1.54) is 0 Å². The number of rotatable bonds is 0. The van der Waals surface area contributed by atoms with E-state index in [0.29, 0.717) is 39.6 Å². The average Bonchev–Trinajstić information content (AvgIpc) is 2.57. The molecular weight excluding hydrogens is 292 g/mol. The van der Waals surface area contributed by atoms with E-state index in [4.69, 9.17) is 14.2 Å². The Labute approximate surface area is 138 Å². The highest BCUT2D eigenvalue weighted by molar-refractivity contribution is 5.86. The molecule has 2 rings (SSSR count). The molecule has 1 aromatic rings. The molecule has 5 nitrogen and oxygen atoms in total. The van der Waals surface area contributed by atoms with Crippen molar-refractivity contribution in [1.82, 2.24) is 0 Å². The minimum absolute atomic E-state index is 0.615. The van der Waals surface area contributed by atoms with Crippen molar-refractivity contribution in [2.24, 2.45) is 9.98 Å². The highest BCUT2D eigenvalue weighted by atomic mass is 16.5. The van der Waals surface area contributed by atoms with Crippen molar-refractivity contribution in [3.63, 3.8) is 0 Å². The first-order chi connectivity index (χ1) is 11.4. The molecular formula is C18H26N2O3. The quantitative estimate of drug-likeness (QED) is 0.738. The zero-order chi connectivity index (χ0) is 16.0. The maximum absolute atomic E-state index is 5.50. The molecule has 126 valence electrons. The van der Waals surface area contributed by atoms with Gasteiger partial charge in [-0.25, -0.2) is 0 Å². The zero-order valence-electron chi connectivity index (χ0n) is 13.7. The predicted octanol–water partition coefficient (Wildman–Crippen LogP) is 2.37. The van der Waals surface area contributed by atoms with Gasteiger partial charge in [-0.05, 0) is 30.0 Å². The van der Waals surface area contributed by atoms with E-state index in [0.717, 1.165) is 37.1 Å². The molecule has 5 heteroatoms. The highest BCUT2D eigenvalue weighted by Gasteiger charge is 1.94. The average molecular weight is 318 g/mol.